The van der Waals surface area contributed by atoms with Crippen LogP contribution in [0.15, 0.2) is 18.2 Å². The van der Waals surface area contributed by atoms with Crippen LogP contribution in [0.25, 0.3) is 0 Å². The third-order valence-electron chi connectivity index (χ3n) is 3.37. The van der Waals surface area contributed by atoms with Crippen LogP contribution in [0, 0.1) is 3.57 Å². The summed E-state index contributed by atoms with van der Waals surface area (Å²) < 4.78 is 1.21. The number of hydrogen-bond donors (Lipinski definition) is 2. The summed E-state index contributed by atoms with van der Waals surface area (Å²) in [4.78, 5) is 21.0. The lowest BCUT2D eigenvalue weighted by atomic mass is 9.97. The molecule has 0 fully saturated rings. The Bertz CT molecular complexity index is 485. The van der Waals surface area contributed by atoms with Gasteiger partial charge in [-0.2, -0.15) is 0 Å². The first-order valence-corrected chi connectivity index (χ1v) is 8.28. The Morgan fingerprint density at radius 3 is 2.05 bits per heavy atom. The van der Waals surface area contributed by atoms with Gasteiger partial charge < -0.3 is 10.2 Å². The maximum absolute atomic E-state index is 10.5. The number of carbonyl (C=O) groups is 2. The minimum absolute atomic E-state index is 0.220. The molecule has 116 valence electrons. The van der Waals surface area contributed by atoms with Gasteiger partial charge in [0.2, 0.25) is 0 Å². The van der Waals surface area contributed by atoms with Gasteiger partial charge >= 0.3 is 11.9 Å². The molecule has 0 aliphatic carbocycles. The SMILES string of the molecule is O=C(O)CCCCc1cccc(I)c1CCCCC(=O)O. The van der Waals surface area contributed by atoms with E-state index in [1.165, 1.54) is 14.7 Å². The van der Waals surface area contributed by atoms with Gasteiger partial charge in [-0.15, -0.1) is 0 Å². The van der Waals surface area contributed by atoms with Crippen molar-refractivity contribution in [2.24, 2.45) is 0 Å². The Balaban J connectivity index is 2.52. The lowest BCUT2D eigenvalue weighted by molar-refractivity contribution is -0.138. The fourth-order valence-corrected chi connectivity index (χ4v) is 3.11. The summed E-state index contributed by atoms with van der Waals surface area (Å²) in [7, 11) is 0. The summed E-state index contributed by atoms with van der Waals surface area (Å²) in [5, 5.41) is 17.3. The average molecular weight is 404 g/mol. The Morgan fingerprint density at radius 1 is 0.905 bits per heavy atom. The maximum atomic E-state index is 10.5. The first-order chi connectivity index (χ1) is 10.0. The van der Waals surface area contributed by atoms with Gasteiger partial charge in [0.15, 0.2) is 0 Å². The van der Waals surface area contributed by atoms with Crippen molar-refractivity contribution < 1.29 is 19.8 Å². The number of unbranched alkanes of at least 4 members (excludes halogenated alkanes) is 2. The molecule has 1 aromatic carbocycles. The van der Waals surface area contributed by atoms with Crippen LogP contribution in [-0.2, 0) is 22.4 Å². The molecule has 1 aromatic rings. The van der Waals surface area contributed by atoms with E-state index in [2.05, 4.69) is 34.7 Å². The second kappa shape index (κ2) is 9.76. The lowest BCUT2D eigenvalue weighted by Gasteiger charge is -2.11. The minimum Gasteiger partial charge on any atom is -0.481 e. The number of halogens is 1. The zero-order valence-corrected chi connectivity index (χ0v) is 14.1. The highest BCUT2D eigenvalue weighted by atomic mass is 127. The number of rotatable bonds is 10. The summed E-state index contributed by atoms with van der Waals surface area (Å²) in [6, 6.07) is 6.18. The van der Waals surface area contributed by atoms with Crippen molar-refractivity contribution in [2.45, 2.75) is 51.4 Å². The summed E-state index contributed by atoms with van der Waals surface area (Å²) in [6.07, 6.45) is 5.34. The topological polar surface area (TPSA) is 74.6 Å². The second-order valence-electron chi connectivity index (χ2n) is 5.08. The van der Waals surface area contributed by atoms with Crippen molar-refractivity contribution in [1.82, 2.24) is 0 Å². The Morgan fingerprint density at radius 2 is 1.48 bits per heavy atom. The van der Waals surface area contributed by atoms with E-state index in [1.54, 1.807) is 0 Å². The molecular weight excluding hydrogens is 383 g/mol. The van der Waals surface area contributed by atoms with Crippen LogP contribution in [0.2, 0.25) is 0 Å². The van der Waals surface area contributed by atoms with E-state index in [9.17, 15) is 9.59 Å². The largest absolute Gasteiger partial charge is 0.481 e. The van der Waals surface area contributed by atoms with Crippen molar-refractivity contribution in [2.75, 3.05) is 0 Å². The van der Waals surface area contributed by atoms with Gasteiger partial charge in [0.25, 0.3) is 0 Å². The van der Waals surface area contributed by atoms with E-state index in [0.717, 1.165) is 25.7 Å². The van der Waals surface area contributed by atoms with Crippen LogP contribution in [0.4, 0.5) is 0 Å². The first-order valence-electron chi connectivity index (χ1n) is 7.20. The number of hydrogen-bond acceptors (Lipinski definition) is 2. The Kier molecular flexibility index (Phi) is 8.34. The standard InChI is InChI=1S/C16H21IO4/c17-14-9-5-7-12(6-1-3-10-15(18)19)13(14)8-2-4-11-16(20)21/h5,7,9H,1-4,6,8,10-11H2,(H,18,19)(H,20,21). The van der Waals surface area contributed by atoms with Gasteiger partial charge in [0.05, 0.1) is 0 Å². The van der Waals surface area contributed by atoms with E-state index in [0.29, 0.717) is 12.8 Å². The van der Waals surface area contributed by atoms with Gasteiger partial charge in [-0.3, -0.25) is 9.59 Å². The summed E-state index contributed by atoms with van der Waals surface area (Å²) in [6.45, 7) is 0. The van der Waals surface area contributed by atoms with Crippen molar-refractivity contribution in [3.63, 3.8) is 0 Å². The lowest BCUT2D eigenvalue weighted by Crippen LogP contribution is -2.01. The molecule has 0 amide bonds. The molecule has 0 heterocycles. The van der Waals surface area contributed by atoms with Crippen LogP contribution in [0.5, 0.6) is 0 Å². The quantitative estimate of drug-likeness (QED) is 0.459. The van der Waals surface area contributed by atoms with Gasteiger partial charge in [-0.05, 0) is 78.3 Å². The molecule has 0 aromatic heterocycles. The highest BCUT2D eigenvalue weighted by Gasteiger charge is 2.07. The van der Waals surface area contributed by atoms with Gasteiger partial charge in [0, 0.05) is 16.4 Å². The monoisotopic (exact) mass is 404 g/mol. The molecule has 0 bridgehead atoms. The normalized spacial score (nSPS) is 10.5. The third-order valence-corrected chi connectivity index (χ3v) is 4.38. The molecule has 2 N–H and O–H groups in total. The first kappa shape index (κ1) is 17.9. The molecule has 0 spiro atoms. The second-order valence-corrected chi connectivity index (χ2v) is 6.24. The molecule has 0 atom stereocenters. The van der Waals surface area contributed by atoms with E-state index < -0.39 is 11.9 Å². The van der Waals surface area contributed by atoms with Crippen molar-refractivity contribution in [3.8, 4) is 0 Å². The van der Waals surface area contributed by atoms with Crippen LogP contribution >= 0.6 is 22.6 Å². The van der Waals surface area contributed by atoms with Gasteiger partial charge in [-0.25, -0.2) is 0 Å². The van der Waals surface area contributed by atoms with Crippen LogP contribution in [-0.4, -0.2) is 22.2 Å². The summed E-state index contributed by atoms with van der Waals surface area (Å²) in [5.41, 5.74) is 2.56. The predicted molar refractivity (Wildman–Crippen MR) is 89.5 cm³/mol. The van der Waals surface area contributed by atoms with E-state index in [-0.39, 0.29) is 12.8 Å². The third kappa shape index (κ3) is 7.45. The molecule has 0 saturated heterocycles. The average Bonchev–Trinajstić information content (AvgIpc) is 2.41. The summed E-state index contributed by atoms with van der Waals surface area (Å²) in [5.74, 6) is -1.49. The van der Waals surface area contributed by atoms with Gasteiger partial charge in [-0.1, -0.05) is 12.1 Å². The molecule has 0 saturated carbocycles. The Labute approximate surface area is 138 Å². The van der Waals surface area contributed by atoms with Crippen molar-refractivity contribution in [1.29, 1.82) is 0 Å². The zero-order valence-electron chi connectivity index (χ0n) is 12.0. The highest BCUT2D eigenvalue weighted by Crippen LogP contribution is 2.21. The Hall–Kier alpha value is -1.11. The fraction of sp³-hybridized carbons (Fsp3) is 0.500. The van der Waals surface area contributed by atoms with Gasteiger partial charge in [0.1, 0.15) is 0 Å². The molecule has 0 unspecified atom stereocenters. The molecule has 5 heteroatoms. The molecule has 0 aliphatic heterocycles. The molecule has 0 aliphatic rings. The van der Waals surface area contributed by atoms with Crippen molar-refractivity contribution >= 4 is 34.5 Å². The number of aryl methyl sites for hydroxylation is 1. The number of aliphatic carboxylic acids is 2. The molecule has 21 heavy (non-hydrogen) atoms. The van der Waals surface area contributed by atoms with Crippen LogP contribution in [0.1, 0.15) is 49.7 Å². The molecule has 0 radical (unpaired) electrons. The number of benzene rings is 1. The maximum Gasteiger partial charge on any atom is 0.303 e. The zero-order chi connectivity index (χ0) is 15.7. The fourth-order valence-electron chi connectivity index (χ4n) is 2.29. The van der Waals surface area contributed by atoms with E-state index >= 15 is 0 Å². The molecule has 1 rings (SSSR count). The van der Waals surface area contributed by atoms with E-state index in [4.69, 9.17) is 10.2 Å². The van der Waals surface area contributed by atoms with Crippen molar-refractivity contribution in [3.05, 3.63) is 32.9 Å². The predicted octanol–water partition coefficient (Wildman–Crippen LogP) is 3.89. The van der Waals surface area contributed by atoms with Crippen LogP contribution in [0.3, 0.4) is 0 Å². The minimum atomic E-state index is -0.744. The molecular formula is C16H21IO4. The highest BCUT2D eigenvalue weighted by molar-refractivity contribution is 14.1. The van der Waals surface area contributed by atoms with Crippen LogP contribution < -0.4 is 0 Å². The van der Waals surface area contributed by atoms with E-state index in [1.807, 2.05) is 6.07 Å². The number of carboxylic acid groups (broad SMARTS) is 2. The number of carboxylic acids is 2. The molecule has 4 nitrogen and oxygen atoms in total. The smallest absolute Gasteiger partial charge is 0.303 e. The summed E-state index contributed by atoms with van der Waals surface area (Å²) >= 11 is 2.31.